The number of aliphatic hydroxyl groups is 1. The summed E-state index contributed by atoms with van der Waals surface area (Å²) in [6.07, 6.45) is 6.13. The van der Waals surface area contributed by atoms with Gasteiger partial charge in [0.2, 0.25) is 0 Å². The first-order valence-electron chi connectivity index (χ1n) is 4.32. The Kier molecular flexibility index (Phi) is 2.09. The molecule has 74 valence electrons. The van der Waals surface area contributed by atoms with Crippen molar-refractivity contribution in [2.75, 3.05) is 0 Å². The Morgan fingerprint density at radius 3 is 1.79 bits per heavy atom. The van der Waals surface area contributed by atoms with Crippen LogP contribution >= 0.6 is 0 Å². The van der Waals surface area contributed by atoms with E-state index in [1.54, 1.807) is 33.9 Å². The van der Waals surface area contributed by atoms with Crippen LogP contribution in [0.25, 0.3) is 0 Å². The highest BCUT2D eigenvalue weighted by Gasteiger charge is 2.18. The second-order valence-electron chi connectivity index (χ2n) is 3.20. The molecule has 0 amide bonds. The molecule has 2 heterocycles. The van der Waals surface area contributed by atoms with Crippen LogP contribution in [0.1, 0.15) is 17.8 Å². The predicted molar refractivity (Wildman–Crippen MR) is 50.5 cm³/mol. The van der Waals surface area contributed by atoms with Gasteiger partial charge in [0.05, 0.1) is 0 Å². The molecule has 2 aromatic rings. The van der Waals surface area contributed by atoms with Crippen LogP contribution < -0.4 is 0 Å². The molecule has 0 unspecified atom stereocenters. The molecular weight excluding hydrogens is 180 g/mol. The van der Waals surface area contributed by atoms with Crippen molar-refractivity contribution in [1.29, 1.82) is 0 Å². The lowest BCUT2D eigenvalue weighted by atomic mass is 10.3. The normalized spacial score (nSPS) is 11.1. The number of nitrogens with zero attached hydrogens (tertiary/aromatic N) is 4. The van der Waals surface area contributed by atoms with Crippen molar-refractivity contribution in [3.8, 4) is 0 Å². The van der Waals surface area contributed by atoms with Gasteiger partial charge in [-0.3, -0.25) is 0 Å². The van der Waals surface area contributed by atoms with Crippen molar-refractivity contribution < 1.29 is 5.11 Å². The zero-order valence-corrected chi connectivity index (χ0v) is 8.12. The van der Waals surface area contributed by atoms with E-state index >= 15 is 0 Å². The van der Waals surface area contributed by atoms with Gasteiger partial charge in [-0.05, 0) is 0 Å². The van der Waals surface area contributed by atoms with Gasteiger partial charge < -0.3 is 14.2 Å². The van der Waals surface area contributed by atoms with Crippen LogP contribution in [0.2, 0.25) is 0 Å². The zero-order valence-electron chi connectivity index (χ0n) is 8.12. The molecule has 1 N–H and O–H groups in total. The summed E-state index contributed by atoms with van der Waals surface area (Å²) in [5.41, 5.74) is 0. The summed E-state index contributed by atoms with van der Waals surface area (Å²) in [5.74, 6) is 1.19. The maximum Gasteiger partial charge on any atom is 0.169 e. The van der Waals surface area contributed by atoms with Gasteiger partial charge in [-0.2, -0.15) is 0 Å². The predicted octanol–water partition coefficient (Wildman–Crippen LogP) is 0.235. The van der Waals surface area contributed by atoms with Crippen LogP contribution in [0, 0.1) is 0 Å². The van der Waals surface area contributed by atoms with Crippen LogP contribution in [-0.4, -0.2) is 24.2 Å². The molecule has 0 bridgehead atoms. The van der Waals surface area contributed by atoms with Gasteiger partial charge in [0.15, 0.2) is 6.10 Å². The molecule has 0 saturated heterocycles. The quantitative estimate of drug-likeness (QED) is 0.741. The van der Waals surface area contributed by atoms with Crippen LogP contribution in [0.4, 0.5) is 0 Å². The molecule has 0 aliphatic carbocycles. The molecule has 0 radical (unpaired) electrons. The summed E-state index contributed by atoms with van der Waals surface area (Å²) in [5, 5.41) is 9.96. The van der Waals surface area contributed by atoms with Gasteiger partial charge in [-0.25, -0.2) is 9.97 Å². The second-order valence-corrected chi connectivity index (χ2v) is 3.20. The highest BCUT2D eigenvalue weighted by atomic mass is 16.3. The minimum atomic E-state index is -0.769. The standard InChI is InChI=1S/C9H12N4O/c1-12-5-3-10-8(12)7(14)9-11-4-6-13(9)2/h3-7,14H,1-2H3. The highest BCUT2D eigenvalue weighted by Crippen LogP contribution is 2.17. The van der Waals surface area contributed by atoms with E-state index in [-0.39, 0.29) is 0 Å². The molecule has 5 nitrogen and oxygen atoms in total. The Bertz CT molecular complexity index is 391. The van der Waals surface area contributed by atoms with Crippen LogP contribution in [0.5, 0.6) is 0 Å². The molecule has 0 spiro atoms. The summed E-state index contributed by atoms with van der Waals surface area (Å²) in [4.78, 5) is 8.14. The highest BCUT2D eigenvalue weighted by molar-refractivity contribution is 5.09. The lowest BCUT2D eigenvalue weighted by Gasteiger charge is -2.09. The van der Waals surface area contributed by atoms with Gasteiger partial charge in [0, 0.05) is 38.9 Å². The Morgan fingerprint density at radius 2 is 1.50 bits per heavy atom. The topological polar surface area (TPSA) is 55.9 Å². The third-order valence-electron chi connectivity index (χ3n) is 2.21. The van der Waals surface area contributed by atoms with E-state index < -0.39 is 6.10 Å². The fraction of sp³-hybridized carbons (Fsp3) is 0.333. The number of hydrogen-bond donors (Lipinski definition) is 1. The minimum absolute atomic E-state index is 0.597. The molecule has 0 aromatic carbocycles. The monoisotopic (exact) mass is 192 g/mol. The van der Waals surface area contributed by atoms with Crippen LogP contribution in [0.3, 0.4) is 0 Å². The summed E-state index contributed by atoms with van der Waals surface area (Å²) in [7, 11) is 3.68. The Hall–Kier alpha value is -1.62. The summed E-state index contributed by atoms with van der Waals surface area (Å²) in [6, 6.07) is 0. The molecule has 0 atom stereocenters. The SMILES string of the molecule is Cn1ccnc1C(O)c1nccn1C. The van der Waals surface area contributed by atoms with Crippen LogP contribution in [0.15, 0.2) is 24.8 Å². The number of aryl methyl sites for hydroxylation is 2. The van der Waals surface area contributed by atoms with Crippen molar-refractivity contribution in [3.05, 3.63) is 36.4 Å². The van der Waals surface area contributed by atoms with Crippen molar-refractivity contribution in [3.63, 3.8) is 0 Å². The van der Waals surface area contributed by atoms with E-state index in [1.165, 1.54) is 0 Å². The molecule has 0 aliphatic rings. The van der Waals surface area contributed by atoms with E-state index in [0.717, 1.165) is 0 Å². The van der Waals surface area contributed by atoms with Gasteiger partial charge in [0.25, 0.3) is 0 Å². The summed E-state index contributed by atoms with van der Waals surface area (Å²) in [6.45, 7) is 0. The van der Waals surface area contributed by atoms with E-state index in [0.29, 0.717) is 11.6 Å². The van der Waals surface area contributed by atoms with Gasteiger partial charge in [-0.15, -0.1) is 0 Å². The smallest absolute Gasteiger partial charge is 0.169 e. The van der Waals surface area contributed by atoms with Gasteiger partial charge in [0.1, 0.15) is 11.6 Å². The van der Waals surface area contributed by atoms with E-state index in [1.807, 2.05) is 14.1 Å². The second kappa shape index (κ2) is 3.26. The molecule has 0 fully saturated rings. The summed E-state index contributed by atoms with van der Waals surface area (Å²) < 4.78 is 3.55. The number of rotatable bonds is 2. The first-order valence-corrected chi connectivity index (χ1v) is 4.32. The maximum absolute atomic E-state index is 9.96. The molecule has 0 aliphatic heterocycles. The van der Waals surface area contributed by atoms with Crippen molar-refractivity contribution in [1.82, 2.24) is 19.1 Å². The molecule has 0 saturated carbocycles. The fourth-order valence-electron chi connectivity index (χ4n) is 1.40. The maximum atomic E-state index is 9.96. The molecule has 2 aromatic heterocycles. The van der Waals surface area contributed by atoms with Crippen molar-refractivity contribution >= 4 is 0 Å². The number of aromatic nitrogens is 4. The van der Waals surface area contributed by atoms with Gasteiger partial charge >= 0.3 is 0 Å². The van der Waals surface area contributed by atoms with Crippen molar-refractivity contribution in [2.24, 2.45) is 14.1 Å². The lowest BCUT2D eigenvalue weighted by Crippen LogP contribution is -2.11. The third kappa shape index (κ3) is 1.31. The Labute approximate surface area is 81.7 Å². The molecule has 14 heavy (non-hydrogen) atoms. The first-order chi connectivity index (χ1) is 6.70. The van der Waals surface area contributed by atoms with Crippen LogP contribution in [-0.2, 0) is 14.1 Å². The summed E-state index contributed by atoms with van der Waals surface area (Å²) >= 11 is 0. The molecule has 2 rings (SSSR count). The Morgan fingerprint density at radius 1 is 1.07 bits per heavy atom. The first kappa shape index (κ1) is 8.96. The average molecular weight is 192 g/mol. The zero-order chi connectivity index (χ0) is 10.1. The molecular formula is C9H12N4O. The fourth-order valence-corrected chi connectivity index (χ4v) is 1.40. The third-order valence-corrected chi connectivity index (χ3v) is 2.21. The van der Waals surface area contributed by atoms with E-state index in [9.17, 15) is 5.11 Å². The lowest BCUT2D eigenvalue weighted by molar-refractivity contribution is 0.192. The number of hydrogen-bond acceptors (Lipinski definition) is 3. The van der Waals surface area contributed by atoms with E-state index in [2.05, 4.69) is 9.97 Å². The minimum Gasteiger partial charge on any atom is -0.377 e. The number of imidazole rings is 2. The van der Waals surface area contributed by atoms with E-state index in [4.69, 9.17) is 0 Å². The number of aliphatic hydroxyl groups excluding tert-OH is 1. The van der Waals surface area contributed by atoms with Crippen molar-refractivity contribution in [2.45, 2.75) is 6.10 Å². The molecule has 5 heteroatoms. The average Bonchev–Trinajstić information content (AvgIpc) is 2.73. The van der Waals surface area contributed by atoms with Gasteiger partial charge in [-0.1, -0.05) is 0 Å². The Balaban J connectivity index is 2.38. The largest absolute Gasteiger partial charge is 0.377 e.